The number of aryl methyl sites for hydroxylation is 1. The summed E-state index contributed by atoms with van der Waals surface area (Å²) in [5.74, 6) is 0.231. The molecule has 0 fully saturated rings. The molecule has 1 N–H and O–H groups in total. The molecular weight excluding hydrogens is 387 g/mol. The third kappa shape index (κ3) is 9.38. The molecule has 152 valence electrons. The number of ether oxygens (including phenoxy) is 1. The van der Waals surface area contributed by atoms with Crippen molar-refractivity contribution in [3.8, 4) is 0 Å². The molecule has 1 aromatic heterocycles. The Morgan fingerprint density at radius 1 is 1.33 bits per heavy atom. The summed E-state index contributed by atoms with van der Waals surface area (Å²) < 4.78 is 66.8. The van der Waals surface area contributed by atoms with E-state index in [2.05, 4.69) is 4.98 Å². The van der Waals surface area contributed by atoms with Gasteiger partial charge >= 0.3 is 12.3 Å². The van der Waals surface area contributed by atoms with E-state index in [1.807, 2.05) is 4.72 Å². The number of alkyl halides is 3. The van der Waals surface area contributed by atoms with Crippen LogP contribution < -0.4 is 9.62 Å². The van der Waals surface area contributed by atoms with Crippen molar-refractivity contribution in [2.45, 2.75) is 39.5 Å². The number of anilines is 1. The van der Waals surface area contributed by atoms with Crippen molar-refractivity contribution >= 4 is 21.9 Å². The zero-order valence-corrected chi connectivity index (χ0v) is 16.2. The highest BCUT2D eigenvalue weighted by atomic mass is 32.2. The normalized spacial score (nSPS) is 13.0. The van der Waals surface area contributed by atoms with Crippen molar-refractivity contribution in [2.24, 2.45) is 0 Å². The van der Waals surface area contributed by atoms with Crippen LogP contribution in [0, 0.1) is 6.92 Å². The number of halogens is 3. The van der Waals surface area contributed by atoms with Gasteiger partial charge in [0.05, 0.1) is 5.41 Å². The predicted octanol–water partition coefficient (Wildman–Crippen LogP) is 3.13. The Bertz CT molecular complexity index is 787. The van der Waals surface area contributed by atoms with Gasteiger partial charge in [-0.05, 0) is 45.4 Å². The number of allylic oxidation sites excluding steroid dienone is 1. The summed E-state index contributed by atoms with van der Waals surface area (Å²) in [5, 5.41) is 0.0235. The molecule has 0 unspecified atom stereocenters. The molecule has 0 saturated carbocycles. The van der Waals surface area contributed by atoms with E-state index in [1.165, 1.54) is 6.20 Å². The fourth-order valence-electron chi connectivity index (χ4n) is 1.80. The molecule has 0 radical (unpaired) electrons. The monoisotopic (exact) mass is 409 g/mol. The molecular formula is C16H22F3N3O4S. The van der Waals surface area contributed by atoms with Crippen molar-refractivity contribution in [3.63, 3.8) is 0 Å². The summed E-state index contributed by atoms with van der Waals surface area (Å²) in [4.78, 5) is 17.6. The second kappa shape index (κ2) is 8.70. The van der Waals surface area contributed by atoms with E-state index in [9.17, 15) is 26.4 Å². The van der Waals surface area contributed by atoms with Crippen LogP contribution >= 0.6 is 0 Å². The summed E-state index contributed by atoms with van der Waals surface area (Å²) in [7, 11) is -4.31. The molecule has 0 aromatic carbocycles. The van der Waals surface area contributed by atoms with Gasteiger partial charge in [0.2, 0.25) is 10.0 Å². The van der Waals surface area contributed by atoms with Gasteiger partial charge in [-0.2, -0.15) is 13.2 Å². The van der Waals surface area contributed by atoms with E-state index >= 15 is 0 Å². The van der Waals surface area contributed by atoms with Gasteiger partial charge in [0.25, 0.3) is 0 Å². The first-order chi connectivity index (χ1) is 12.2. The van der Waals surface area contributed by atoms with Crippen LogP contribution in [0.4, 0.5) is 23.8 Å². The maximum atomic E-state index is 12.4. The van der Waals surface area contributed by atoms with Crippen molar-refractivity contribution in [3.05, 3.63) is 35.4 Å². The van der Waals surface area contributed by atoms with Gasteiger partial charge in [-0.15, -0.1) is 0 Å². The first-order valence-corrected chi connectivity index (χ1v) is 9.42. The zero-order chi connectivity index (χ0) is 20.9. The Balaban J connectivity index is 2.89. The SMILES string of the molecule is Cc1ccnc(N(CCNS(=O)(=O)C=CC(F)(F)F)C(=O)OC(C)(C)C)c1. The van der Waals surface area contributed by atoms with Gasteiger partial charge in [-0.25, -0.2) is 22.9 Å². The van der Waals surface area contributed by atoms with Crippen LogP contribution in [0.1, 0.15) is 26.3 Å². The highest BCUT2D eigenvalue weighted by molar-refractivity contribution is 7.92. The van der Waals surface area contributed by atoms with Crippen LogP contribution in [0.2, 0.25) is 0 Å². The molecule has 1 aromatic rings. The molecule has 0 atom stereocenters. The third-order valence-corrected chi connectivity index (χ3v) is 3.97. The van der Waals surface area contributed by atoms with Crippen LogP contribution in [0.25, 0.3) is 0 Å². The highest BCUT2D eigenvalue weighted by Crippen LogP contribution is 2.18. The number of hydrogen-bond donors (Lipinski definition) is 1. The number of nitrogens with zero attached hydrogens (tertiary/aromatic N) is 2. The van der Waals surface area contributed by atoms with E-state index in [-0.39, 0.29) is 30.4 Å². The maximum absolute atomic E-state index is 12.4. The summed E-state index contributed by atoms with van der Waals surface area (Å²) in [6.45, 7) is 6.25. The number of carbonyl (C=O) groups excluding carboxylic acids is 1. The van der Waals surface area contributed by atoms with Crippen molar-refractivity contribution in [1.82, 2.24) is 9.71 Å². The molecule has 0 bridgehead atoms. The molecule has 1 amide bonds. The van der Waals surface area contributed by atoms with Crippen LogP contribution in [0.3, 0.4) is 0 Å². The lowest BCUT2D eigenvalue weighted by Crippen LogP contribution is -2.41. The van der Waals surface area contributed by atoms with Crippen molar-refractivity contribution in [2.75, 3.05) is 18.0 Å². The summed E-state index contributed by atoms with van der Waals surface area (Å²) in [5.41, 5.74) is 0.0101. The number of rotatable bonds is 6. The molecule has 0 aliphatic rings. The molecule has 0 spiro atoms. The number of carbonyl (C=O) groups is 1. The first kappa shape index (κ1) is 22.9. The standard InChI is InChI=1S/C16H22F3N3O4S/c1-12-5-7-20-13(11-12)22(14(23)26-15(2,3)4)9-8-21-27(24,25)10-6-16(17,18)19/h5-7,10-11,21H,8-9H2,1-4H3. The van der Waals surface area contributed by atoms with Gasteiger partial charge < -0.3 is 4.74 Å². The minimum absolute atomic E-state index is 0.0235. The molecule has 0 aliphatic heterocycles. The van der Waals surface area contributed by atoms with Gasteiger partial charge in [0.1, 0.15) is 11.4 Å². The van der Waals surface area contributed by atoms with Crippen LogP contribution in [-0.2, 0) is 14.8 Å². The third-order valence-electron chi connectivity index (χ3n) is 2.87. The summed E-state index contributed by atoms with van der Waals surface area (Å²) in [6.07, 6.45) is -4.42. The van der Waals surface area contributed by atoms with E-state index in [4.69, 9.17) is 4.74 Å². The minimum Gasteiger partial charge on any atom is -0.443 e. The zero-order valence-electron chi connectivity index (χ0n) is 15.4. The van der Waals surface area contributed by atoms with E-state index in [1.54, 1.807) is 39.8 Å². The topological polar surface area (TPSA) is 88.6 Å². The van der Waals surface area contributed by atoms with E-state index in [0.29, 0.717) is 0 Å². The summed E-state index contributed by atoms with van der Waals surface area (Å²) >= 11 is 0. The largest absolute Gasteiger partial charge is 0.443 e. The maximum Gasteiger partial charge on any atom is 0.416 e. The smallest absolute Gasteiger partial charge is 0.416 e. The fourth-order valence-corrected chi connectivity index (χ4v) is 2.60. The molecule has 27 heavy (non-hydrogen) atoms. The Morgan fingerprint density at radius 3 is 2.48 bits per heavy atom. The quantitative estimate of drug-likeness (QED) is 0.780. The summed E-state index contributed by atoms with van der Waals surface area (Å²) in [6, 6.07) is 3.31. The number of nitrogens with one attached hydrogen (secondary N) is 1. The Morgan fingerprint density at radius 2 is 1.96 bits per heavy atom. The number of amides is 1. The van der Waals surface area contributed by atoms with Crippen LogP contribution in [0.15, 0.2) is 29.8 Å². The second-order valence-electron chi connectivity index (χ2n) is 6.61. The lowest BCUT2D eigenvalue weighted by atomic mass is 10.2. The number of hydrogen-bond acceptors (Lipinski definition) is 5. The second-order valence-corrected chi connectivity index (χ2v) is 8.26. The van der Waals surface area contributed by atoms with Gasteiger partial charge in [0.15, 0.2) is 0 Å². The number of aromatic nitrogens is 1. The van der Waals surface area contributed by atoms with E-state index < -0.39 is 27.9 Å². The highest BCUT2D eigenvalue weighted by Gasteiger charge is 2.26. The Kier molecular flexibility index (Phi) is 7.38. The average molecular weight is 409 g/mol. The molecule has 1 rings (SSSR count). The number of pyridine rings is 1. The minimum atomic E-state index is -4.75. The van der Waals surface area contributed by atoms with E-state index in [0.717, 1.165) is 10.5 Å². The first-order valence-electron chi connectivity index (χ1n) is 7.87. The molecule has 7 nitrogen and oxygen atoms in total. The molecule has 11 heteroatoms. The van der Waals surface area contributed by atoms with Gasteiger partial charge in [-0.1, -0.05) is 0 Å². The molecule has 1 heterocycles. The Labute approximate surface area is 156 Å². The van der Waals surface area contributed by atoms with Crippen LogP contribution in [-0.4, -0.2) is 44.4 Å². The van der Waals surface area contributed by atoms with Gasteiger partial charge in [-0.3, -0.25) is 4.90 Å². The average Bonchev–Trinajstić information content (AvgIpc) is 2.47. The lowest BCUT2D eigenvalue weighted by Gasteiger charge is -2.27. The molecule has 0 aliphatic carbocycles. The van der Waals surface area contributed by atoms with Crippen molar-refractivity contribution in [1.29, 1.82) is 0 Å². The van der Waals surface area contributed by atoms with Crippen LogP contribution in [0.5, 0.6) is 0 Å². The number of sulfonamides is 1. The Hall–Kier alpha value is -2.14. The predicted molar refractivity (Wildman–Crippen MR) is 94.7 cm³/mol. The fraction of sp³-hybridized carbons (Fsp3) is 0.500. The molecule has 0 saturated heterocycles. The lowest BCUT2D eigenvalue weighted by molar-refractivity contribution is -0.0797. The van der Waals surface area contributed by atoms with Gasteiger partial charge in [0, 0.05) is 25.4 Å². The van der Waals surface area contributed by atoms with Crippen molar-refractivity contribution < 1.29 is 31.1 Å².